The van der Waals surface area contributed by atoms with Gasteiger partial charge in [-0.15, -0.1) is 0 Å². The lowest BCUT2D eigenvalue weighted by atomic mass is 10.2. The van der Waals surface area contributed by atoms with Crippen molar-refractivity contribution in [3.8, 4) is 11.5 Å². The quantitative estimate of drug-likeness (QED) is 0.626. The second-order valence-electron chi connectivity index (χ2n) is 2.91. The van der Waals surface area contributed by atoms with E-state index in [0.717, 1.165) is 3.57 Å². The lowest BCUT2D eigenvalue weighted by molar-refractivity contribution is 0.0522. The van der Waals surface area contributed by atoms with Crippen molar-refractivity contribution in [3.63, 3.8) is 0 Å². The zero-order chi connectivity index (χ0) is 12.1. The van der Waals surface area contributed by atoms with Gasteiger partial charge in [-0.1, -0.05) is 0 Å². The van der Waals surface area contributed by atoms with Gasteiger partial charge in [-0.25, -0.2) is 4.79 Å². The highest BCUT2D eigenvalue weighted by Gasteiger charge is 2.16. The number of rotatable bonds is 4. The number of hydrogen-bond acceptors (Lipinski definition) is 4. The summed E-state index contributed by atoms with van der Waals surface area (Å²) in [5.74, 6) is 0.737. The molecular formula is C11H13IO4. The first-order chi connectivity index (χ1) is 7.63. The molecule has 1 rings (SSSR count). The van der Waals surface area contributed by atoms with Crippen molar-refractivity contribution in [2.75, 3.05) is 20.8 Å². The predicted octanol–water partition coefficient (Wildman–Crippen LogP) is 2.49. The normalized spacial score (nSPS) is 9.75. The number of hydrogen-bond donors (Lipinski definition) is 0. The van der Waals surface area contributed by atoms with Crippen molar-refractivity contribution in [1.82, 2.24) is 0 Å². The second kappa shape index (κ2) is 5.93. The highest BCUT2D eigenvalue weighted by molar-refractivity contribution is 14.1. The first-order valence-electron chi connectivity index (χ1n) is 4.72. The van der Waals surface area contributed by atoms with Gasteiger partial charge in [-0.3, -0.25) is 0 Å². The number of methoxy groups -OCH3 is 2. The SMILES string of the molecule is CCOC(=O)c1cc(I)c(OC)cc1OC. The molecule has 88 valence electrons. The second-order valence-corrected chi connectivity index (χ2v) is 4.07. The Labute approximate surface area is 108 Å². The van der Waals surface area contributed by atoms with E-state index in [1.165, 1.54) is 7.11 Å². The lowest BCUT2D eigenvalue weighted by Crippen LogP contribution is -2.07. The summed E-state index contributed by atoms with van der Waals surface area (Å²) < 4.78 is 16.0. The number of carbonyl (C=O) groups is 1. The van der Waals surface area contributed by atoms with Crippen molar-refractivity contribution < 1.29 is 19.0 Å². The molecule has 0 N–H and O–H groups in total. The molecule has 0 aliphatic rings. The third-order valence-corrected chi connectivity index (χ3v) is 2.81. The van der Waals surface area contributed by atoms with Crippen LogP contribution >= 0.6 is 22.6 Å². The summed E-state index contributed by atoms with van der Waals surface area (Å²) in [7, 11) is 3.07. The maximum Gasteiger partial charge on any atom is 0.341 e. The number of carbonyl (C=O) groups excluding carboxylic acids is 1. The summed E-state index contributed by atoms with van der Waals surface area (Å²) in [6.07, 6.45) is 0. The molecule has 4 nitrogen and oxygen atoms in total. The third-order valence-electron chi connectivity index (χ3n) is 1.97. The molecule has 0 bridgehead atoms. The van der Waals surface area contributed by atoms with Gasteiger partial charge in [0.05, 0.1) is 24.4 Å². The Morgan fingerprint density at radius 1 is 1.25 bits per heavy atom. The van der Waals surface area contributed by atoms with Gasteiger partial charge in [-0.2, -0.15) is 0 Å². The molecule has 0 radical (unpaired) electrons. The Balaban J connectivity index is 3.17. The molecule has 0 spiro atoms. The Kier molecular flexibility index (Phi) is 4.85. The fourth-order valence-electron chi connectivity index (χ4n) is 1.23. The zero-order valence-corrected chi connectivity index (χ0v) is 11.5. The highest BCUT2D eigenvalue weighted by atomic mass is 127. The van der Waals surface area contributed by atoms with Crippen molar-refractivity contribution in [2.24, 2.45) is 0 Å². The summed E-state index contributed by atoms with van der Waals surface area (Å²) in [6, 6.07) is 3.37. The van der Waals surface area contributed by atoms with Crippen LogP contribution in [0.5, 0.6) is 11.5 Å². The van der Waals surface area contributed by atoms with Gasteiger partial charge in [0.1, 0.15) is 17.1 Å². The summed E-state index contributed by atoms with van der Waals surface area (Å²) in [4.78, 5) is 11.6. The molecule has 0 atom stereocenters. The number of benzene rings is 1. The van der Waals surface area contributed by atoms with Crippen molar-refractivity contribution >= 4 is 28.6 Å². The first-order valence-corrected chi connectivity index (χ1v) is 5.80. The minimum atomic E-state index is -0.389. The van der Waals surface area contributed by atoms with Gasteiger partial charge >= 0.3 is 5.97 Å². The van der Waals surface area contributed by atoms with Crippen molar-refractivity contribution in [1.29, 1.82) is 0 Å². The Bertz CT molecular complexity index is 390. The molecule has 0 heterocycles. The molecule has 0 saturated heterocycles. The molecule has 0 amide bonds. The molecule has 1 aromatic carbocycles. The van der Waals surface area contributed by atoms with E-state index in [1.807, 2.05) is 0 Å². The van der Waals surface area contributed by atoms with Gasteiger partial charge in [0.25, 0.3) is 0 Å². The Morgan fingerprint density at radius 3 is 2.38 bits per heavy atom. The van der Waals surface area contributed by atoms with E-state index in [4.69, 9.17) is 14.2 Å². The van der Waals surface area contributed by atoms with Crippen LogP contribution in [0.25, 0.3) is 0 Å². The first kappa shape index (κ1) is 13.1. The fourth-order valence-corrected chi connectivity index (χ4v) is 1.92. The standard InChI is InChI=1S/C11H13IO4/c1-4-16-11(13)7-5-8(12)10(15-3)6-9(7)14-2/h5-6H,4H2,1-3H3. The number of esters is 1. The van der Waals surface area contributed by atoms with Gasteiger partial charge in [0.15, 0.2) is 0 Å². The Hall–Kier alpha value is -0.980. The minimum absolute atomic E-state index is 0.338. The van der Waals surface area contributed by atoms with Crippen LogP contribution in [-0.4, -0.2) is 26.8 Å². The molecule has 0 aliphatic carbocycles. The van der Waals surface area contributed by atoms with E-state index in [9.17, 15) is 4.79 Å². The molecular weight excluding hydrogens is 323 g/mol. The summed E-state index contributed by atoms with van der Waals surface area (Å²) in [6.45, 7) is 2.10. The molecule has 0 saturated carbocycles. The van der Waals surface area contributed by atoms with E-state index in [2.05, 4.69) is 22.6 Å². The summed E-state index contributed by atoms with van der Waals surface area (Å²) in [5, 5.41) is 0. The Morgan fingerprint density at radius 2 is 1.88 bits per heavy atom. The van der Waals surface area contributed by atoms with Gasteiger partial charge in [0, 0.05) is 6.07 Å². The van der Waals surface area contributed by atoms with Crippen LogP contribution in [0.15, 0.2) is 12.1 Å². The van der Waals surface area contributed by atoms with Crippen LogP contribution in [0.4, 0.5) is 0 Å². The smallest absolute Gasteiger partial charge is 0.341 e. The largest absolute Gasteiger partial charge is 0.496 e. The summed E-state index contributed by atoms with van der Waals surface area (Å²) in [5.41, 5.74) is 0.412. The van der Waals surface area contributed by atoms with Crippen LogP contribution in [0.3, 0.4) is 0 Å². The van der Waals surface area contributed by atoms with E-state index >= 15 is 0 Å². The molecule has 5 heteroatoms. The van der Waals surface area contributed by atoms with Crippen LogP contribution in [0.2, 0.25) is 0 Å². The number of halogens is 1. The van der Waals surface area contributed by atoms with Crippen molar-refractivity contribution in [2.45, 2.75) is 6.92 Å². The monoisotopic (exact) mass is 336 g/mol. The maximum absolute atomic E-state index is 11.6. The molecule has 1 aromatic rings. The maximum atomic E-state index is 11.6. The van der Waals surface area contributed by atoms with Crippen molar-refractivity contribution in [3.05, 3.63) is 21.3 Å². The van der Waals surface area contributed by atoms with E-state index in [1.54, 1.807) is 26.2 Å². The topological polar surface area (TPSA) is 44.8 Å². The lowest BCUT2D eigenvalue weighted by Gasteiger charge is -2.11. The minimum Gasteiger partial charge on any atom is -0.496 e. The van der Waals surface area contributed by atoms with E-state index < -0.39 is 0 Å². The van der Waals surface area contributed by atoms with Crippen LogP contribution in [0, 0.1) is 3.57 Å². The molecule has 16 heavy (non-hydrogen) atoms. The molecule has 0 fully saturated rings. The van der Waals surface area contributed by atoms with Gasteiger partial charge in [-0.05, 0) is 35.6 Å². The number of ether oxygens (including phenoxy) is 3. The molecule has 0 unspecified atom stereocenters. The average Bonchev–Trinajstić information content (AvgIpc) is 2.29. The fraction of sp³-hybridized carbons (Fsp3) is 0.364. The summed E-state index contributed by atoms with van der Waals surface area (Å²) >= 11 is 2.09. The van der Waals surface area contributed by atoms with Crippen LogP contribution in [0.1, 0.15) is 17.3 Å². The zero-order valence-electron chi connectivity index (χ0n) is 9.37. The predicted molar refractivity (Wildman–Crippen MR) is 68.2 cm³/mol. The average molecular weight is 336 g/mol. The molecule has 0 aromatic heterocycles. The van der Waals surface area contributed by atoms with E-state index in [0.29, 0.717) is 23.7 Å². The molecule has 0 aliphatic heterocycles. The third kappa shape index (κ3) is 2.78. The van der Waals surface area contributed by atoms with Gasteiger partial charge < -0.3 is 14.2 Å². The van der Waals surface area contributed by atoms with Gasteiger partial charge in [0.2, 0.25) is 0 Å². The highest BCUT2D eigenvalue weighted by Crippen LogP contribution is 2.30. The van der Waals surface area contributed by atoms with Crippen LogP contribution < -0.4 is 9.47 Å². The van der Waals surface area contributed by atoms with E-state index in [-0.39, 0.29) is 5.97 Å². The van der Waals surface area contributed by atoms with Crippen LogP contribution in [-0.2, 0) is 4.74 Å².